The molecule has 0 spiro atoms. The number of hydrogen-bond donors (Lipinski definition) is 1. The van der Waals surface area contributed by atoms with E-state index in [9.17, 15) is 4.79 Å². The molecule has 0 fully saturated rings. The predicted octanol–water partition coefficient (Wildman–Crippen LogP) is 1.62. The van der Waals surface area contributed by atoms with Crippen molar-refractivity contribution in [3.63, 3.8) is 0 Å². The van der Waals surface area contributed by atoms with E-state index in [1.165, 1.54) is 24.8 Å². The highest BCUT2D eigenvalue weighted by molar-refractivity contribution is 7.15. The minimum atomic E-state index is -1.04. The molecule has 0 unspecified atom stereocenters. The standard InChI is InChI=1S/C10H9N3O3S/c1-5-8(10(14)15)13-9(17-5)6-3-7(16-2)12-4-11-6/h3-4H,1-2H3,(H,14,15). The second kappa shape index (κ2) is 4.46. The van der Waals surface area contributed by atoms with E-state index >= 15 is 0 Å². The van der Waals surface area contributed by atoms with Crippen LogP contribution in [0.3, 0.4) is 0 Å². The van der Waals surface area contributed by atoms with Gasteiger partial charge in [-0.1, -0.05) is 0 Å². The number of thiazole rings is 1. The van der Waals surface area contributed by atoms with Crippen molar-refractivity contribution in [1.29, 1.82) is 0 Å². The minimum absolute atomic E-state index is 0.0579. The Morgan fingerprint density at radius 2 is 2.24 bits per heavy atom. The summed E-state index contributed by atoms with van der Waals surface area (Å²) in [5.74, 6) is -0.620. The van der Waals surface area contributed by atoms with Crippen molar-refractivity contribution in [2.45, 2.75) is 6.92 Å². The van der Waals surface area contributed by atoms with Crippen LogP contribution in [0.2, 0.25) is 0 Å². The fraction of sp³-hybridized carbons (Fsp3) is 0.200. The molecule has 17 heavy (non-hydrogen) atoms. The van der Waals surface area contributed by atoms with Gasteiger partial charge in [0.05, 0.1) is 7.11 Å². The van der Waals surface area contributed by atoms with Crippen LogP contribution in [0.1, 0.15) is 15.4 Å². The first-order valence-corrected chi connectivity index (χ1v) is 5.50. The van der Waals surface area contributed by atoms with Gasteiger partial charge in [-0.3, -0.25) is 0 Å². The SMILES string of the molecule is COc1cc(-c2nc(C(=O)O)c(C)s2)ncn1. The molecule has 2 aromatic heterocycles. The number of aromatic nitrogens is 3. The molecule has 6 nitrogen and oxygen atoms in total. The maximum atomic E-state index is 10.9. The quantitative estimate of drug-likeness (QED) is 0.892. The normalized spacial score (nSPS) is 10.2. The summed E-state index contributed by atoms with van der Waals surface area (Å²) in [5.41, 5.74) is 0.611. The lowest BCUT2D eigenvalue weighted by molar-refractivity contribution is 0.0690. The second-order valence-electron chi connectivity index (χ2n) is 3.17. The molecule has 0 radical (unpaired) electrons. The maximum Gasteiger partial charge on any atom is 0.355 e. The Labute approximate surface area is 101 Å². The molecule has 0 aliphatic heterocycles. The van der Waals surface area contributed by atoms with Crippen molar-refractivity contribution in [2.75, 3.05) is 7.11 Å². The number of carbonyl (C=O) groups is 1. The van der Waals surface area contributed by atoms with Crippen LogP contribution in [-0.4, -0.2) is 33.1 Å². The average molecular weight is 251 g/mol. The van der Waals surface area contributed by atoms with E-state index in [4.69, 9.17) is 9.84 Å². The van der Waals surface area contributed by atoms with Crippen LogP contribution in [-0.2, 0) is 0 Å². The number of aryl methyl sites for hydroxylation is 1. The smallest absolute Gasteiger partial charge is 0.355 e. The molecule has 0 aromatic carbocycles. The monoisotopic (exact) mass is 251 g/mol. The summed E-state index contributed by atoms with van der Waals surface area (Å²) in [6.07, 6.45) is 1.35. The number of carboxylic acids is 1. The predicted molar refractivity (Wildman–Crippen MR) is 61.4 cm³/mol. The molecule has 2 aromatic rings. The average Bonchev–Trinajstić information content (AvgIpc) is 2.71. The van der Waals surface area contributed by atoms with Gasteiger partial charge in [0.2, 0.25) is 5.88 Å². The van der Waals surface area contributed by atoms with Crippen LogP contribution in [0.5, 0.6) is 5.88 Å². The van der Waals surface area contributed by atoms with E-state index in [0.29, 0.717) is 21.5 Å². The zero-order chi connectivity index (χ0) is 12.4. The minimum Gasteiger partial charge on any atom is -0.481 e. The Morgan fingerprint density at radius 1 is 1.47 bits per heavy atom. The number of rotatable bonds is 3. The Kier molecular flexibility index (Phi) is 3.01. The highest BCUT2D eigenvalue weighted by atomic mass is 32.1. The van der Waals surface area contributed by atoms with Crippen LogP contribution in [0.25, 0.3) is 10.7 Å². The van der Waals surface area contributed by atoms with Gasteiger partial charge in [0.1, 0.15) is 17.0 Å². The van der Waals surface area contributed by atoms with Gasteiger partial charge >= 0.3 is 5.97 Å². The number of ether oxygens (including phenoxy) is 1. The zero-order valence-electron chi connectivity index (χ0n) is 9.17. The summed E-state index contributed by atoms with van der Waals surface area (Å²) in [6, 6.07) is 1.61. The Morgan fingerprint density at radius 3 is 2.82 bits per heavy atom. The Hall–Kier alpha value is -2.02. The van der Waals surface area contributed by atoms with Crippen molar-refractivity contribution in [2.24, 2.45) is 0 Å². The van der Waals surface area contributed by atoms with Gasteiger partial charge in [-0.25, -0.2) is 19.7 Å². The number of nitrogens with zero attached hydrogens (tertiary/aromatic N) is 3. The van der Waals surface area contributed by atoms with Gasteiger partial charge in [-0.15, -0.1) is 11.3 Å². The van der Waals surface area contributed by atoms with Crippen molar-refractivity contribution in [1.82, 2.24) is 15.0 Å². The molecular formula is C10H9N3O3S. The van der Waals surface area contributed by atoms with Gasteiger partial charge in [0, 0.05) is 10.9 Å². The molecule has 7 heteroatoms. The summed E-state index contributed by atoms with van der Waals surface area (Å²) in [6.45, 7) is 1.71. The van der Waals surface area contributed by atoms with Gasteiger partial charge in [-0.05, 0) is 6.92 Å². The van der Waals surface area contributed by atoms with E-state index in [0.717, 1.165) is 0 Å². The molecule has 0 amide bonds. The van der Waals surface area contributed by atoms with E-state index < -0.39 is 5.97 Å². The van der Waals surface area contributed by atoms with Crippen molar-refractivity contribution < 1.29 is 14.6 Å². The third-order valence-corrected chi connectivity index (χ3v) is 3.06. The van der Waals surface area contributed by atoms with E-state index in [1.54, 1.807) is 13.0 Å². The summed E-state index contributed by atoms with van der Waals surface area (Å²) >= 11 is 1.28. The lowest BCUT2D eigenvalue weighted by Crippen LogP contribution is -1.98. The molecule has 0 saturated heterocycles. The second-order valence-corrected chi connectivity index (χ2v) is 4.38. The number of hydrogen-bond acceptors (Lipinski definition) is 6. The van der Waals surface area contributed by atoms with Gasteiger partial charge in [0.15, 0.2) is 5.69 Å². The third-order valence-electron chi connectivity index (χ3n) is 2.07. The lowest BCUT2D eigenvalue weighted by Gasteiger charge is -1.98. The van der Waals surface area contributed by atoms with E-state index in [-0.39, 0.29) is 5.69 Å². The molecule has 0 saturated carbocycles. The molecular weight excluding hydrogens is 242 g/mol. The first-order chi connectivity index (χ1) is 8.11. The molecule has 1 N–H and O–H groups in total. The fourth-order valence-electron chi connectivity index (χ4n) is 1.27. The summed E-state index contributed by atoms with van der Waals surface area (Å²) in [5, 5.41) is 9.46. The van der Waals surface area contributed by atoms with Crippen molar-refractivity contribution in [3.05, 3.63) is 23.0 Å². The molecule has 2 heterocycles. The van der Waals surface area contributed by atoms with Gasteiger partial charge in [-0.2, -0.15) is 0 Å². The molecule has 0 bridgehead atoms. The first-order valence-electron chi connectivity index (χ1n) is 4.69. The molecule has 2 rings (SSSR count). The van der Waals surface area contributed by atoms with Crippen LogP contribution >= 0.6 is 11.3 Å². The lowest BCUT2D eigenvalue weighted by atomic mass is 10.4. The number of aromatic carboxylic acids is 1. The first kappa shape index (κ1) is 11.5. The van der Waals surface area contributed by atoms with Gasteiger partial charge < -0.3 is 9.84 Å². The van der Waals surface area contributed by atoms with Crippen LogP contribution in [0.15, 0.2) is 12.4 Å². The number of carboxylic acid groups (broad SMARTS) is 1. The summed E-state index contributed by atoms with van der Waals surface area (Å²) < 4.78 is 4.97. The van der Waals surface area contributed by atoms with Crippen LogP contribution in [0.4, 0.5) is 0 Å². The Bertz CT molecular complexity index is 568. The van der Waals surface area contributed by atoms with Crippen molar-refractivity contribution in [3.8, 4) is 16.6 Å². The van der Waals surface area contributed by atoms with Gasteiger partial charge in [0.25, 0.3) is 0 Å². The number of methoxy groups -OCH3 is 1. The zero-order valence-corrected chi connectivity index (χ0v) is 9.98. The molecule has 0 aliphatic carbocycles. The highest BCUT2D eigenvalue weighted by Gasteiger charge is 2.16. The molecule has 88 valence electrons. The maximum absolute atomic E-state index is 10.9. The summed E-state index contributed by atoms with van der Waals surface area (Å²) in [4.78, 5) is 23.5. The largest absolute Gasteiger partial charge is 0.481 e. The van der Waals surface area contributed by atoms with Crippen molar-refractivity contribution >= 4 is 17.3 Å². The summed E-state index contributed by atoms with van der Waals surface area (Å²) in [7, 11) is 1.50. The Balaban J connectivity index is 2.46. The van der Waals surface area contributed by atoms with Crippen LogP contribution < -0.4 is 4.74 Å². The fourth-order valence-corrected chi connectivity index (χ4v) is 2.15. The van der Waals surface area contributed by atoms with E-state index in [1.807, 2.05) is 0 Å². The van der Waals surface area contributed by atoms with Crippen LogP contribution in [0, 0.1) is 6.92 Å². The highest BCUT2D eigenvalue weighted by Crippen LogP contribution is 2.27. The topological polar surface area (TPSA) is 85.2 Å². The van der Waals surface area contributed by atoms with E-state index in [2.05, 4.69) is 15.0 Å². The molecule has 0 aliphatic rings. The third kappa shape index (κ3) is 2.23. The molecule has 0 atom stereocenters.